The minimum Gasteiger partial charge on any atom is -0.508 e. The standard InChI is InChI=1S/C17H22N2O/c1-12-5-10-16(17(20)11-12)13(2)18-14-6-8-15(9-7-14)19(3)4/h5-11,13,18,20H,1-4H3. The Morgan fingerprint density at radius 3 is 2.25 bits per heavy atom. The molecule has 1 unspecified atom stereocenters. The van der Waals surface area contributed by atoms with Crippen LogP contribution < -0.4 is 10.2 Å². The number of benzene rings is 2. The van der Waals surface area contributed by atoms with E-state index in [1.165, 1.54) is 5.69 Å². The smallest absolute Gasteiger partial charge is 0.121 e. The van der Waals surface area contributed by atoms with Crippen LogP contribution in [0, 0.1) is 6.92 Å². The highest BCUT2D eigenvalue weighted by atomic mass is 16.3. The molecule has 0 bridgehead atoms. The number of hydrogen-bond donors (Lipinski definition) is 2. The third kappa shape index (κ3) is 3.23. The molecule has 20 heavy (non-hydrogen) atoms. The number of rotatable bonds is 4. The van der Waals surface area contributed by atoms with Crippen LogP contribution >= 0.6 is 0 Å². The minimum absolute atomic E-state index is 0.0563. The molecule has 2 aromatic rings. The number of aryl methyl sites for hydroxylation is 1. The van der Waals surface area contributed by atoms with Gasteiger partial charge in [-0.15, -0.1) is 0 Å². The quantitative estimate of drug-likeness (QED) is 0.883. The second-order valence-electron chi connectivity index (χ2n) is 5.37. The van der Waals surface area contributed by atoms with E-state index >= 15 is 0 Å². The topological polar surface area (TPSA) is 35.5 Å². The fourth-order valence-corrected chi connectivity index (χ4v) is 2.20. The SMILES string of the molecule is Cc1ccc(C(C)Nc2ccc(N(C)C)cc2)c(O)c1. The second-order valence-corrected chi connectivity index (χ2v) is 5.37. The van der Waals surface area contributed by atoms with Crippen LogP contribution in [0.1, 0.15) is 24.1 Å². The summed E-state index contributed by atoms with van der Waals surface area (Å²) < 4.78 is 0. The zero-order valence-electron chi connectivity index (χ0n) is 12.5. The van der Waals surface area contributed by atoms with Gasteiger partial charge in [0.25, 0.3) is 0 Å². The lowest BCUT2D eigenvalue weighted by molar-refractivity contribution is 0.465. The lowest BCUT2D eigenvalue weighted by Crippen LogP contribution is -2.09. The van der Waals surface area contributed by atoms with Crippen LogP contribution in [0.25, 0.3) is 0 Å². The van der Waals surface area contributed by atoms with Crippen molar-refractivity contribution in [3.8, 4) is 5.75 Å². The maximum absolute atomic E-state index is 10.0. The van der Waals surface area contributed by atoms with Gasteiger partial charge < -0.3 is 15.3 Å². The van der Waals surface area contributed by atoms with Crippen LogP contribution in [0.3, 0.4) is 0 Å². The zero-order valence-corrected chi connectivity index (χ0v) is 12.5. The van der Waals surface area contributed by atoms with Crippen LogP contribution in [-0.4, -0.2) is 19.2 Å². The Morgan fingerprint density at radius 2 is 1.70 bits per heavy atom. The molecule has 0 saturated carbocycles. The predicted octanol–water partition coefficient (Wildman–Crippen LogP) is 3.94. The van der Waals surface area contributed by atoms with Crippen LogP contribution in [0.4, 0.5) is 11.4 Å². The fraction of sp³-hybridized carbons (Fsp3) is 0.294. The molecular formula is C17H22N2O. The summed E-state index contributed by atoms with van der Waals surface area (Å²) in [6, 6.07) is 14.1. The Hall–Kier alpha value is -2.16. The summed E-state index contributed by atoms with van der Waals surface area (Å²) in [6.45, 7) is 4.02. The highest BCUT2D eigenvalue weighted by molar-refractivity contribution is 5.55. The summed E-state index contributed by atoms with van der Waals surface area (Å²) in [5.41, 5.74) is 4.19. The molecule has 0 aliphatic carbocycles. The number of nitrogens with one attached hydrogen (secondary N) is 1. The van der Waals surface area contributed by atoms with Crippen molar-refractivity contribution in [3.05, 3.63) is 53.6 Å². The number of nitrogens with zero attached hydrogens (tertiary/aromatic N) is 1. The molecule has 0 spiro atoms. The van der Waals surface area contributed by atoms with Gasteiger partial charge in [0.1, 0.15) is 5.75 Å². The lowest BCUT2D eigenvalue weighted by Gasteiger charge is -2.18. The Kier molecular flexibility index (Phi) is 4.18. The van der Waals surface area contributed by atoms with Gasteiger partial charge in [-0.2, -0.15) is 0 Å². The van der Waals surface area contributed by atoms with Crippen LogP contribution in [0.5, 0.6) is 5.75 Å². The van der Waals surface area contributed by atoms with E-state index in [1.54, 1.807) is 6.07 Å². The molecule has 106 valence electrons. The van der Waals surface area contributed by atoms with E-state index in [9.17, 15) is 5.11 Å². The summed E-state index contributed by atoms with van der Waals surface area (Å²) in [7, 11) is 4.05. The molecule has 0 aliphatic heterocycles. The molecule has 0 fully saturated rings. The van der Waals surface area contributed by atoms with Crippen molar-refractivity contribution in [2.75, 3.05) is 24.3 Å². The third-order valence-electron chi connectivity index (χ3n) is 3.42. The predicted molar refractivity (Wildman–Crippen MR) is 85.7 cm³/mol. The Morgan fingerprint density at radius 1 is 1.05 bits per heavy atom. The van der Waals surface area contributed by atoms with Crippen LogP contribution in [-0.2, 0) is 0 Å². The summed E-state index contributed by atoms with van der Waals surface area (Å²) in [5.74, 6) is 0.343. The maximum atomic E-state index is 10.0. The molecule has 3 heteroatoms. The van der Waals surface area contributed by atoms with E-state index in [1.807, 2.05) is 40.1 Å². The summed E-state index contributed by atoms with van der Waals surface area (Å²) >= 11 is 0. The van der Waals surface area contributed by atoms with Gasteiger partial charge >= 0.3 is 0 Å². The third-order valence-corrected chi connectivity index (χ3v) is 3.42. The minimum atomic E-state index is 0.0563. The first-order valence-corrected chi connectivity index (χ1v) is 6.81. The lowest BCUT2D eigenvalue weighted by atomic mass is 10.0. The van der Waals surface area contributed by atoms with Crippen molar-refractivity contribution < 1.29 is 5.11 Å². The molecule has 0 amide bonds. The van der Waals surface area contributed by atoms with Gasteiger partial charge in [0, 0.05) is 31.0 Å². The van der Waals surface area contributed by atoms with E-state index in [0.717, 1.165) is 16.8 Å². The number of hydrogen-bond acceptors (Lipinski definition) is 3. The second kappa shape index (κ2) is 5.87. The molecule has 0 aromatic heterocycles. The van der Waals surface area contributed by atoms with E-state index in [-0.39, 0.29) is 6.04 Å². The van der Waals surface area contributed by atoms with Crippen molar-refractivity contribution in [3.63, 3.8) is 0 Å². The van der Waals surface area contributed by atoms with Gasteiger partial charge in [0.05, 0.1) is 6.04 Å². The highest BCUT2D eigenvalue weighted by Crippen LogP contribution is 2.28. The van der Waals surface area contributed by atoms with E-state index in [0.29, 0.717) is 5.75 Å². The van der Waals surface area contributed by atoms with Crippen molar-refractivity contribution in [2.24, 2.45) is 0 Å². The molecule has 0 heterocycles. The molecule has 0 aliphatic rings. The molecule has 2 rings (SSSR count). The van der Waals surface area contributed by atoms with Crippen molar-refractivity contribution in [2.45, 2.75) is 19.9 Å². The normalized spacial score (nSPS) is 12.0. The number of phenols is 1. The monoisotopic (exact) mass is 270 g/mol. The van der Waals surface area contributed by atoms with Gasteiger partial charge in [-0.25, -0.2) is 0 Å². The molecule has 2 N–H and O–H groups in total. The van der Waals surface area contributed by atoms with E-state index < -0.39 is 0 Å². The van der Waals surface area contributed by atoms with Gasteiger partial charge in [-0.05, 0) is 49.7 Å². The Bertz CT molecular complexity index is 576. The zero-order chi connectivity index (χ0) is 14.7. The first-order chi connectivity index (χ1) is 9.47. The molecular weight excluding hydrogens is 248 g/mol. The van der Waals surface area contributed by atoms with Gasteiger partial charge in [-0.1, -0.05) is 12.1 Å². The largest absolute Gasteiger partial charge is 0.508 e. The highest BCUT2D eigenvalue weighted by Gasteiger charge is 2.10. The van der Waals surface area contributed by atoms with Crippen LogP contribution in [0.15, 0.2) is 42.5 Å². The number of anilines is 2. The fourth-order valence-electron chi connectivity index (χ4n) is 2.20. The van der Waals surface area contributed by atoms with E-state index in [2.05, 4.69) is 34.5 Å². The number of aromatic hydroxyl groups is 1. The van der Waals surface area contributed by atoms with Crippen molar-refractivity contribution in [1.29, 1.82) is 0 Å². The van der Waals surface area contributed by atoms with Gasteiger partial charge in [0.2, 0.25) is 0 Å². The average molecular weight is 270 g/mol. The molecule has 0 radical (unpaired) electrons. The van der Waals surface area contributed by atoms with Crippen molar-refractivity contribution >= 4 is 11.4 Å². The Labute approximate surface area is 120 Å². The van der Waals surface area contributed by atoms with Crippen LogP contribution in [0.2, 0.25) is 0 Å². The molecule has 2 aromatic carbocycles. The van der Waals surface area contributed by atoms with Crippen molar-refractivity contribution in [1.82, 2.24) is 0 Å². The van der Waals surface area contributed by atoms with Gasteiger partial charge in [0.15, 0.2) is 0 Å². The van der Waals surface area contributed by atoms with Gasteiger partial charge in [-0.3, -0.25) is 0 Å². The summed E-state index contributed by atoms with van der Waals surface area (Å²) in [6.07, 6.45) is 0. The molecule has 1 atom stereocenters. The summed E-state index contributed by atoms with van der Waals surface area (Å²) in [4.78, 5) is 2.07. The molecule has 0 saturated heterocycles. The molecule has 3 nitrogen and oxygen atoms in total. The van der Waals surface area contributed by atoms with E-state index in [4.69, 9.17) is 0 Å². The maximum Gasteiger partial charge on any atom is 0.121 e. The summed E-state index contributed by atoms with van der Waals surface area (Å²) in [5, 5.41) is 13.4. The Balaban J connectivity index is 2.12. The average Bonchev–Trinajstić information content (AvgIpc) is 2.39. The number of phenolic OH excluding ortho intramolecular Hbond substituents is 1. The first-order valence-electron chi connectivity index (χ1n) is 6.81. The first kappa shape index (κ1) is 14.3.